The third-order valence-electron chi connectivity index (χ3n) is 3.39. The molecule has 0 amide bonds. The molecular formula is C15H25BrN2O. The summed E-state index contributed by atoms with van der Waals surface area (Å²) in [7, 11) is 1.97. The van der Waals surface area contributed by atoms with Gasteiger partial charge in [0.05, 0.1) is 5.69 Å². The van der Waals surface area contributed by atoms with Crippen LogP contribution in [-0.4, -0.2) is 31.3 Å². The van der Waals surface area contributed by atoms with Gasteiger partial charge in [-0.2, -0.15) is 0 Å². The minimum atomic E-state index is 0.232. The number of hydrogen-bond acceptors (Lipinski definition) is 3. The SMILES string of the molecule is CNC(C)c1ccc(N(CCCO)C(C)C)c(Br)c1. The van der Waals surface area contributed by atoms with Gasteiger partial charge in [-0.3, -0.25) is 0 Å². The maximum atomic E-state index is 9.02. The van der Waals surface area contributed by atoms with Gasteiger partial charge in [0, 0.05) is 29.7 Å². The number of halogens is 1. The summed E-state index contributed by atoms with van der Waals surface area (Å²) in [6.45, 7) is 7.60. The number of aliphatic hydroxyl groups excluding tert-OH is 1. The molecule has 0 saturated carbocycles. The topological polar surface area (TPSA) is 35.5 Å². The average molecular weight is 329 g/mol. The number of hydrogen-bond donors (Lipinski definition) is 2. The summed E-state index contributed by atoms with van der Waals surface area (Å²) in [4.78, 5) is 2.31. The molecule has 1 atom stereocenters. The Morgan fingerprint density at radius 1 is 1.32 bits per heavy atom. The summed E-state index contributed by atoms with van der Waals surface area (Å²) in [6, 6.07) is 7.25. The van der Waals surface area contributed by atoms with Crippen LogP contribution in [0.3, 0.4) is 0 Å². The van der Waals surface area contributed by atoms with Gasteiger partial charge in [-0.1, -0.05) is 6.07 Å². The standard InChI is InChI=1S/C15H25BrN2O/c1-11(2)18(8-5-9-19)15-7-6-13(10-14(15)16)12(3)17-4/h6-7,10-12,17,19H,5,8-9H2,1-4H3. The number of nitrogens with zero attached hydrogens (tertiary/aromatic N) is 1. The van der Waals surface area contributed by atoms with Gasteiger partial charge >= 0.3 is 0 Å². The van der Waals surface area contributed by atoms with E-state index in [1.165, 1.54) is 11.3 Å². The first-order valence-corrected chi connectivity index (χ1v) is 7.64. The van der Waals surface area contributed by atoms with Crippen LogP contribution in [-0.2, 0) is 0 Å². The first-order valence-electron chi connectivity index (χ1n) is 6.85. The van der Waals surface area contributed by atoms with Crippen molar-refractivity contribution in [2.75, 3.05) is 25.1 Å². The molecule has 0 spiro atoms. The second kappa shape index (κ2) is 7.88. The van der Waals surface area contributed by atoms with Crippen molar-refractivity contribution in [3.8, 4) is 0 Å². The fourth-order valence-corrected chi connectivity index (χ4v) is 2.71. The monoisotopic (exact) mass is 328 g/mol. The van der Waals surface area contributed by atoms with Crippen LogP contribution in [0.5, 0.6) is 0 Å². The van der Waals surface area contributed by atoms with Crippen molar-refractivity contribution in [2.24, 2.45) is 0 Å². The molecular weight excluding hydrogens is 304 g/mol. The van der Waals surface area contributed by atoms with E-state index in [0.717, 1.165) is 17.4 Å². The molecule has 1 aromatic carbocycles. The molecule has 1 aromatic rings. The van der Waals surface area contributed by atoms with E-state index in [2.05, 4.69) is 65.1 Å². The molecule has 0 heterocycles. The number of anilines is 1. The summed E-state index contributed by atoms with van der Waals surface area (Å²) in [6.07, 6.45) is 0.791. The van der Waals surface area contributed by atoms with Crippen molar-refractivity contribution in [3.05, 3.63) is 28.2 Å². The highest BCUT2D eigenvalue weighted by Gasteiger charge is 2.14. The Morgan fingerprint density at radius 2 is 2.00 bits per heavy atom. The van der Waals surface area contributed by atoms with Gasteiger partial charge in [0.2, 0.25) is 0 Å². The molecule has 0 bridgehead atoms. The number of benzene rings is 1. The second-order valence-electron chi connectivity index (χ2n) is 5.09. The van der Waals surface area contributed by atoms with Crippen LogP contribution in [0.2, 0.25) is 0 Å². The van der Waals surface area contributed by atoms with E-state index in [-0.39, 0.29) is 6.61 Å². The van der Waals surface area contributed by atoms with Crippen LogP contribution in [0.4, 0.5) is 5.69 Å². The Bertz CT molecular complexity index is 396. The quantitative estimate of drug-likeness (QED) is 0.805. The van der Waals surface area contributed by atoms with Crippen molar-refractivity contribution in [1.29, 1.82) is 0 Å². The van der Waals surface area contributed by atoms with Crippen LogP contribution in [0.1, 0.15) is 38.8 Å². The van der Waals surface area contributed by atoms with E-state index in [9.17, 15) is 0 Å². The van der Waals surface area contributed by atoms with Crippen molar-refractivity contribution >= 4 is 21.6 Å². The van der Waals surface area contributed by atoms with Crippen LogP contribution < -0.4 is 10.2 Å². The maximum Gasteiger partial charge on any atom is 0.0513 e. The smallest absolute Gasteiger partial charge is 0.0513 e. The van der Waals surface area contributed by atoms with Gasteiger partial charge in [0.1, 0.15) is 0 Å². The summed E-state index contributed by atoms with van der Waals surface area (Å²) in [5.41, 5.74) is 2.46. The van der Waals surface area contributed by atoms with E-state index < -0.39 is 0 Å². The Kier molecular flexibility index (Phi) is 6.83. The minimum absolute atomic E-state index is 0.232. The lowest BCUT2D eigenvalue weighted by Crippen LogP contribution is -2.32. The lowest BCUT2D eigenvalue weighted by molar-refractivity contribution is 0.288. The molecule has 0 aromatic heterocycles. The van der Waals surface area contributed by atoms with Gasteiger partial charge in [0.25, 0.3) is 0 Å². The fourth-order valence-electron chi connectivity index (χ4n) is 2.09. The van der Waals surface area contributed by atoms with Gasteiger partial charge in [-0.05, 0) is 67.9 Å². The van der Waals surface area contributed by atoms with Gasteiger partial charge in [0.15, 0.2) is 0 Å². The van der Waals surface area contributed by atoms with Crippen LogP contribution in [0.25, 0.3) is 0 Å². The van der Waals surface area contributed by atoms with Crippen LogP contribution in [0, 0.1) is 0 Å². The highest BCUT2D eigenvalue weighted by molar-refractivity contribution is 9.10. The highest BCUT2D eigenvalue weighted by atomic mass is 79.9. The van der Waals surface area contributed by atoms with E-state index in [1.54, 1.807) is 0 Å². The average Bonchev–Trinajstić information content (AvgIpc) is 2.39. The largest absolute Gasteiger partial charge is 0.396 e. The Labute approximate surface area is 125 Å². The van der Waals surface area contributed by atoms with Gasteiger partial charge in [-0.15, -0.1) is 0 Å². The molecule has 108 valence electrons. The van der Waals surface area contributed by atoms with Crippen molar-refractivity contribution in [2.45, 2.75) is 39.3 Å². The number of rotatable bonds is 7. The Hall–Kier alpha value is -0.580. The maximum absolute atomic E-state index is 9.02. The van der Waals surface area contributed by atoms with Gasteiger partial charge in [-0.25, -0.2) is 0 Å². The molecule has 1 unspecified atom stereocenters. The Morgan fingerprint density at radius 3 is 2.47 bits per heavy atom. The highest BCUT2D eigenvalue weighted by Crippen LogP contribution is 2.30. The van der Waals surface area contributed by atoms with Crippen molar-refractivity contribution in [3.63, 3.8) is 0 Å². The molecule has 0 aliphatic heterocycles. The number of nitrogens with one attached hydrogen (secondary N) is 1. The lowest BCUT2D eigenvalue weighted by Gasteiger charge is -2.30. The molecule has 19 heavy (non-hydrogen) atoms. The third-order valence-corrected chi connectivity index (χ3v) is 4.03. The Balaban J connectivity index is 2.98. The summed E-state index contributed by atoms with van der Waals surface area (Å²) in [5, 5.41) is 12.3. The normalized spacial score (nSPS) is 12.8. The first-order chi connectivity index (χ1) is 9.01. The van der Waals surface area contributed by atoms with E-state index in [1.807, 2.05) is 7.05 Å². The zero-order valence-electron chi connectivity index (χ0n) is 12.3. The van der Waals surface area contributed by atoms with E-state index in [0.29, 0.717) is 12.1 Å². The lowest BCUT2D eigenvalue weighted by atomic mass is 10.1. The van der Waals surface area contributed by atoms with Crippen LogP contribution >= 0.6 is 15.9 Å². The second-order valence-corrected chi connectivity index (χ2v) is 5.94. The third kappa shape index (κ3) is 4.48. The summed E-state index contributed by atoms with van der Waals surface area (Å²) < 4.78 is 1.11. The summed E-state index contributed by atoms with van der Waals surface area (Å²) >= 11 is 3.67. The zero-order valence-corrected chi connectivity index (χ0v) is 13.9. The molecule has 0 aliphatic carbocycles. The van der Waals surface area contributed by atoms with Crippen molar-refractivity contribution < 1.29 is 5.11 Å². The molecule has 0 fully saturated rings. The predicted octanol–water partition coefficient (Wildman–Crippen LogP) is 3.33. The number of aliphatic hydroxyl groups is 1. The molecule has 0 radical (unpaired) electrons. The summed E-state index contributed by atoms with van der Waals surface area (Å²) in [5.74, 6) is 0. The van der Waals surface area contributed by atoms with E-state index >= 15 is 0 Å². The minimum Gasteiger partial charge on any atom is -0.396 e. The molecule has 3 nitrogen and oxygen atoms in total. The van der Waals surface area contributed by atoms with Gasteiger partial charge < -0.3 is 15.3 Å². The molecule has 0 saturated heterocycles. The van der Waals surface area contributed by atoms with E-state index in [4.69, 9.17) is 5.11 Å². The van der Waals surface area contributed by atoms with Crippen molar-refractivity contribution in [1.82, 2.24) is 5.32 Å². The molecule has 2 N–H and O–H groups in total. The fraction of sp³-hybridized carbons (Fsp3) is 0.600. The zero-order chi connectivity index (χ0) is 14.4. The molecule has 1 rings (SSSR count). The van der Waals surface area contributed by atoms with Crippen LogP contribution in [0.15, 0.2) is 22.7 Å². The molecule has 4 heteroatoms. The predicted molar refractivity (Wildman–Crippen MR) is 85.8 cm³/mol. The first kappa shape index (κ1) is 16.5. The molecule has 0 aliphatic rings.